The highest BCUT2D eigenvalue weighted by Gasteiger charge is 2.30. The summed E-state index contributed by atoms with van der Waals surface area (Å²) in [6.45, 7) is 5.36. The van der Waals surface area contributed by atoms with Gasteiger partial charge >= 0.3 is 0 Å². The number of hydrogen-bond donors (Lipinski definition) is 2. The van der Waals surface area contributed by atoms with E-state index in [1.165, 1.54) is 5.56 Å². The smallest absolute Gasteiger partial charge is 0.0608 e. The molecule has 1 unspecified atom stereocenters. The number of benzene rings is 1. The summed E-state index contributed by atoms with van der Waals surface area (Å²) < 4.78 is 5.78. The number of ether oxygens (including phenoxy) is 1. The molecule has 1 aromatic rings. The van der Waals surface area contributed by atoms with Crippen molar-refractivity contribution in [3.05, 3.63) is 35.9 Å². The largest absolute Gasteiger partial charge is 0.396 e. The van der Waals surface area contributed by atoms with Gasteiger partial charge in [0.25, 0.3) is 0 Å². The third kappa shape index (κ3) is 4.58. The van der Waals surface area contributed by atoms with Crippen LogP contribution >= 0.6 is 0 Å². The molecule has 1 aliphatic rings. The van der Waals surface area contributed by atoms with Crippen molar-refractivity contribution in [2.24, 2.45) is 0 Å². The summed E-state index contributed by atoms with van der Waals surface area (Å²) >= 11 is 0. The molecule has 3 nitrogen and oxygen atoms in total. The first kappa shape index (κ1) is 15.5. The summed E-state index contributed by atoms with van der Waals surface area (Å²) in [5.74, 6) is 0.395. The minimum atomic E-state index is 0.241. The summed E-state index contributed by atoms with van der Waals surface area (Å²) in [4.78, 5) is 0. The monoisotopic (exact) mass is 277 g/mol. The number of aliphatic hydroxyl groups is 1. The van der Waals surface area contributed by atoms with E-state index < -0.39 is 0 Å². The lowest BCUT2D eigenvalue weighted by atomic mass is 9.88. The van der Waals surface area contributed by atoms with E-state index in [1.807, 2.05) is 6.07 Å². The molecule has 0 amide bonds. The minimum Gasteiger partial charge on any atom is -0.396 e. The summed E-state index contributed by atoms with van der Waals surface area (Å²) in [6, 6.07) is 11.0. The van der Waals surface area contributed by atoms with Crippen molar-refractivity contribution in [2.45, 2.75) is 57.3 Å². The highest BCUT2D eigenvalue weighted by atomic mass is 16.5. The summed E-state index contributed by atoms with van der Waals surface area (Å²) in [5.41, 5.74) is 1.31. The van der Waals surface area contributed by atoms with Crippen LogP contribution in [0.2, 0.25) is 0 Å². The molecule has 0 spiro atoms. The molecule has 20 heavy (non-hydrogen) atoms. The Hall–Kier alpha value is -0.900. The summed E-state index contributed by atoms with van der Waals surface area (Å²) in [6.07, 6.45) is 3.79. The van der Waals surface area contributed by atoms with Gasteiger partial charge in [0.15, 0.2) is 0 Å². The summed E-state index contributed by atoms with van der Waals surface area (Å²) in [7, 11) is 0. The van der Waals surface area contributed by atoms with Gasteiger partial charge in [-0.2, -0.15) is 0 Å². The first-order valence-electron chi connectivity index (χ1n) is 7.73. The Kier molecular flexibility index (Phi) is 6.02. The van der Waals surface area contributed by atoms with Crippen molar-refractivity contribution in [3.8, 4) is 0 Å². The SMILES string of the molecule is CC(C)OC1CC(NCC(CCO)c2ccccc2)C1. The van der Waals surface area contributed by atoms with Gasteiger partial charge in [0.05, 0.1) is 12.2 Å². The molecule has 1 atom stereocenters. The van der Waals surface area contributed by atoms with Crippen molar-refractivity contribution >= 4 is 0 Å². The van der Waals surface area contributed by atoms with E-state index in [0.29, 0.717) is 24.2 Å². The van der Waals surface area contributed by atoms with E-state index >= 15 is 0 Å². The maximum atomic E-state index is 9.23. The highest BCUT2D eigenvalue weighted by Crippen LogP contribution is 2.26. The number of nitrogens with one attached hydrogen (secondary N) is 1. The second-order valence-electron chi connectivity index (χ2n) is 6.00. The maximum absolute atomic E-state index is 9.23. The number of rotatable bonds is 8. The Bertz CT molecular complexity index is 374. The maximum Gasteiger partial charge on any atom is 0.0608 e. The standard InChI is InChI=1S/C17H27NO2/c1-13(2)20-17-10-16(11-17)18-12-15(8-9-19)14-6-4-3-5-7-14/h3-7,13,15-19H,8-12H2,1-2H3. The quantitative estimate of drug-likeness (QED) is 0.767. The minimum absolute atomic E-state index is 0.241. The van der Waals surface area contributed by atoms with E-state index in [9.17, 15) is 5.11 Å². The van der Waals surface area contributed by atoms with Gasteiger partial charge in [-0.1, -0.05) is 30.3 Å². The van der Waals surface area contributed by atoms with Crippen molar-refractivity contribution < 1.29 is 9.84 Å². The van der Waals surface area contributed by atoms with Crippen molar-refractivity contribution in [1.29, 1.82) is 0 Å². The van der Waals surface area contributed by atoms with Gasteiger partial charge in [0.2, 0.25) is 0 Å². The van der Waals surface area contributed by atoms with Crippen LogP contribution in [0, 0.1) is 0 Å². The Balaban J connectivity index is 1.74. The predicted molar refractivity (Wildman–Crippen MR) is 81.9 cm³/mol. The number of aliphatic hydroxyl groups excluding tert-OH is 1. The lowest BCUT2D eigenvalue weighted by molar-refractivity contribution is -0.0499. The molecule has 2 rings (SSSR count). The molecule has 0 bridgehead atoms. The fourth-order valence-corrected chi connectivity index (χ4v) is 2.80. The van der Waals surface area contributed by atoms with Crippen LogP contribution in [0.25, 0.3) is 0 Å². The Morgan fingerprint density at radius 3 is 2.55 bits per heavy atom. The zero-order valence-electron chi connectivity index (χ0n) is 12.6. The van der Waals surface area contributed by atoms with Crippen LogP contribution in [-0.2, 0) is 4.74 Å². The topological polar surface area (TPSA) is 41.5 Å². The van der Waals surface area contributed by atoms with E-state index in [2.05, 4.69) is 43.4 Å². The van der Waals surface area contributed by atoms with Gasteiger partial charge in [-0.05, 0) is 44.6 Å². The molecule has 0 heterocycles. The molecular formula is C17H27NO2. The van der Waals surface area contributed by atoms with Crippen LogP contribution in [0.3, 0.4) is 0 Å². The van der Waals surface area contributed by atoms with Crippen LogP contribution in [0.15, 0.2) is 30.3 Å². The molecular weight excluding hydrogens is 250 g/mol. The normalized spacial score (nSPS) is 23.6. The second-order valence-corrected chi connectivity index (χ2v) is 6.00. The molecule has 1 saturated carbocycles. The van der Waals surface area contributed by atoms with Gasteiger partial charge in [-0.3, -0.25) is 0 Å². The van der Waals surface area contributed by atoms with E-state index in [0.717, 1.165) is 25.8 Å². The van der Waals surface area contributed by atoms with Gasteiger partial charge < -0.3 is 15.2 Å². The van der Waals surface area contributed by atoms with Gasteiger partial charge in [-0.25, -0.2) is 0 Å². The number of hydrogen-bond acceptors (Lipinski definition) is 3. The van der Waals surface area contributed by atoms with Gasteiger partial charge in [0, 0.05) is 19.2 Å². The predicted octanol–water partition coefficient (Wildman–Crippen LogP) is 2.70. The third-order valence-corrected chi connectivity index (χ3v) is 3.96. The van der Waals surface area contributed by atoms with Gasteiger partial charge in [0.1, 0.15) is 0 Å². The molecule has 0 radical (unpaired) electrons. The first-order chi connectivity index (χ1) is 9.69. The third-order valence-electron chi connectivity index (χ3n) is 3.96. The van der Waals surface area contributed by atoms with Crippen LogP contribution in [-0.4, -0.2) is 36.5 Å². The fraction of sp³-hybridized carbons (Fsp3) is 0.647. The molecule has 0 aliphatic heterocycles. The second kappa shape index (κ2) is 7.77. The average molecular weight is 277 g/mol. The molecule has 112 valence electrons. The highest BCUT2D eigenvalue weighted by molar-refractivity contribution is 5.20. The molecule has 2 N–H and O–H groups in total. The molecule has 1 aliphatic carbocycles. The Labute approximate surface area is 122 Å². The molecule has 1 fully saturated rings. The lowest BCUT2D eigenvalue weighted by Crippen LogP contribution is -2.47. The molecule has 3 heteroatoms. The van der Waals surface area contributed by atoms with E-state index in [1.54, 1.807) is 0 Å². The van der Waals surface area contributed by atoms with Crippen molar-refractivity contribution in [2.75, 3.05) is 13.2 Å². The zero-order chi connectivity index (χ0) is 14.4. The Morgan fingerprint density at radius 2 is 1.95 bits per heavy atom. The van der Waals surface area contributed by atoms with Crippen LogP contribution in [0.5, 0.6) is 0 Å². The lowest BCUT2D eigenvalue weighted by Gasteiger charge is -2.37. The molecule has 0 saturated heterocycles. The van der Waals surface area contributed by atoms with Crippen LogP contribution in [0.4, 0.5) is 0 Å². The van der Waals surface area contributed by atoms with Crippen molar-refractivity contribution in [3.63, 3.8) is 0 Å². The van der Waals surface area contributed by atoms with E-state index in [4.69, 9.17) is 4.74 Å². The van der Waals surface area contributed by atoms with Crippen molar-refractivity contribution in [1.82, 2.24) is 5.32 Å². The fourth-order valence-electron chi connectivity index (χ4n) is 2.80. The Morgan fingerprint density at radius 1 is 1.25 bits per heavy atom. The van der Waals surface area contributed by atoms with Crippen LogP contribution in [0.1, 0.15) is 44.6 Å². The molecule has 1 aromatic carbocycles. The zero-order valence-corrected chi connectivity index (χ0v) is 12.6. The van der Waals surface area contributed by atoms with Gasteiger partial charge in [-0.15, -0.1) is 0 Å². The molecule has 0 aromatic heterocycles. The van der Waals surface area contributed by atoms with Crippen LogP contribution < -0.4 is 5.32 Å². The van der Waals surface area contributed by atoms with E-state index in [-0.39, 0.29) is 6.61 Å². The summed E-state index contributed by atoms with van der Waals surface area (Å²) in [5, 5.41) is 12.8. The first-order valence-corrected chi connectivity index (χ1v) is 7.73. The average Bonchev–Trinajstić information content (AvgIpc) is 2.40.